The predicted octanol–water partition coefficient (Wildman–Crippen LogP) is 5.13. The highest BCUT2D eigenvalue weighted by Crippen LogP contribution is 2.34. The van der Waals surface area contributed by atoms with Gasteiger partial charge in [0.2, 0.25) is 0 Å². The molecular weight excluding hydrogens is 385 g/mol. The first kappa shape index (κ1) is 17.9. The molecule has 2 atom stereocenters. The van der Waals surface area contributed by atoms with Crippen LogP contribution in [-0.2, 0) is 11.4 Å². The minimum absolute atomic E-state index is 0.124. The molecule has 0 saturated carbocycles. The Morgan fingerprint density at radius 1 is 1.19 bits per heavy atom. The smallest absolute Gasteiger partial charge is 0.142 e. The monoisotopic (exact) mass is 401 g/mol. The lowest BCUT2D eigenvalue weighted by Crippen LogP contribution is -2.37. The number of hydrogen-bond donors (Lipinski definition) is 0. The second kappa shape index (κ2) is 7.62. The number of oxime groups is 1. The lowest BCUT2D eigenvalue weighted by Gasteiger charge is -2.33. The standard InChI is InChI=1S/C20H17Cl2N3O2/c1-13-20(25-9-8-23-12-25)19(15-4-2-3-5-18(15)27-13)24-26-11-14-6-7-16(21)17(22)10-14/h2-10,12-13,20H,11H2,1H3/b24-19-/t13-,20-/m0/s1. The number of nitrogens with zero attached hydrogens (tertiary/aromatic N) is 3. The van der Waals surface area contributed by atoms with E-state index in [0.29, 0.717) is 10.0 Å². The van der Waals surface area contributed by atoms with Crippen molar-refractivity contribution in [1.82, 2.24) is 9.55 Å². The molecule has 0 unspecified atom stereocenters. The highest BCUT2D eigenvalue weighted by Gasteiger charge is 2.34. The summed E-state index contributed by atoms with van der Waals surface area (Å²) in [6.45, 7) is 2.30. The van der Waals surface area contributed by atoms with Crippen LogP contribution in [-0.4, -0.2) is 21.4 Å². The first-order valence-electron chi connectivity index (χ1n) is 8.51. The van der Waals surface area contributed by atoms with Gasteiger partial charge >= 0.3 is 0 Å². The summed E-state index contributed by atoms with van der Waals surface area (Å²) in [6, 6.07) is 13.1. The first-order chi connectivity index (χ1) is 13.1. The molecule has 0 saturated heterocycles. The first-order valence-corrected chi connectivity index (χ1v) is 9.26. The van der Waals surface area contributed by atoms with E-state index < -0.39 is 0 Å². The number of para-hydroxylation sites is 1. The summed E-state index contributed by atoms with van der Waals surface area (Å²) in [5, 5.41) is 5.48. The van der Waals surface area contributed by atoms with Crippen LogP contribution < -0.4 is 4.74 Å². The van der Waals surface area contributed by atoms with E-state index >= 15 is 0 Å². The van der Waals surface area contributed by atoms with Crippen LogP contribution in [0.5, 0.6) is 5.75 Å². The maximum absolute atomic E-state index is 6.07. The van der Waals surface area contributed by atoms with E-state index in [-0.39, 0.29) is 18.8 Å². The fourth-order valence-corrected chi connectivity index (χ4v) is 3.47. The third kappa shape index (κ3) is 3.66. The van der Waals surface area contributed by atoms with Crippen molar-refractivity contribution in [1.29, 1.82) is 0 Å². The fraction of sp³-hybridized carbons (Fsp3) is 0.200. The van der Waals surface area contributed by atoms with Crippen LogP contribution in [0.1, 0.15) is 24.1 Å². The van der Waals surface area contributed by atoms with Gasteiger partial charge in [0.05, 0.1) is 16.4 Å². The van der Waals surface area contributed by atoms with E-state index in [1.54, 1.807) is 24.7 Å². The lowest BCUT2D eigenvalue weighted by atomic mass is 9.95. The zero-order valence-electron chi connectivity index (χ0n) is 14.5. The Bertz CT molecular complexity index is 973. The summed E-state index contributed by atoms with van der Waals surface area (Å²) < 4.78 is 8.05. The number of benzene rings is 2. The Balaban J connectivity index is 1.65. The van der Waals surface area contributed by atoms with Crippen LogP contribution in [0.4, 0.5) is 0 Å². The Hall–Kier alpha value is -2.50. The molecule has 3 aromatic rings. The molecule has 0 fully saturated rings. The summed E-state index contributed by atoms with van der Waals surface area (Å²) in [6.07, 6.45) is 5.27. The van der Waals surface area contributed by atoms with E-state index in [1.807, 2.05) is 48.0 Å². The minimum atomic E-state index is -0.142. The van der Waals surface area contributed by atoms with Crippen molar-refractivity contribution in [2.45, 2.75) is 25.7 Å². The van der Waals surface area contributed by atoms with Crippen molar-refractivity contribution < 1.29 is 9.57 Å². The van der Waals surface area contributed by atoms with Crippen LogP contribution in [0.2, 0.25) is 10.0 Å². The van der Waals surface area contributed by atoms with Crippen LogP contribution in [0.15, 0.2) is 66.3 Å². The largest absolute Gasteiger partial charge is 0.487 e. The van der Waals surface area contributed by atoms with E-state index in [2.05, 4.69) is 10.1 Å². The van der Waals surface area contributed by atoms with Crippen molar-refractivity contribution in [3.63, 3.8) is 0 Å². The lowest BCUT2D eigenvalue weighted by molar-refractivity contribution is 0.122. The van der Waals surface area contributed by atoms with Crippen molar-refractivity contribution in [3.05, 3.63) is 82.4 Å². The van der Waals surface area contributed by atoms with Crippen molar-refractivity contribution >= 4 is 28.9 Å². The summed E-state index contributed by atoms with van der Waals surface area (Å²) in [5.41, 5.74) is 2.59. The molecule has 2 heterocycles. The molecule has 5 nitrogen and oxygen atoms in total. The van der Waals surface area contributed by atoms with E-state index in [1.165, 1.54) is 0 Å². The van der Waals surface area contributed by atoms with Crippen molar-refractivity contribution in [3.8, 4) is 5.75 Å². The normalized spacial score (nSPS) is 20.2. The Labute approximate surface area is 167 Å². The second-order valence-corrected chi connectivity index (χ2v) is 7.09. The molecule has 0 spiro atoms. The number of ether oxygens (including phenoxy) is 1. The molecule has 7 heteroatoms. The minimum Gasteiger partial charge on any atom is -0.487 e. The van der Waals surface area contributed by atoms with Gasteiger partial charge in [-0.1, -0.05) is 46.6 Å². The highest BCUT2D eigenvalue weighted by molar-refractivity contribution is 6.42. The third-order valence-electron chi connectivity index (χ3n) is 4.42. The molecular formula is C20H17Cl2N3O2. The number of imidazole rings is 1. The Morgan fingerprint density at radius 2 is 2.04 bits per heavy atom. The molecule has 1 aromatic heterocycles. The SMILES string of the molecule is C[C@@H]1Oc2ccccc2/C(=N/OCc2ccc(Cl)c(Cl)c2)[C@H]1n1ccnc1. The summed E-state index contributed by atoms with van der Waals surface area (Å²) in [5.74, 6) is 0.790. The van der Waals surface area contributed by atoms with E-state index in [0.717, 1.165) is 22.6 Å². The zero-order chi connectivity index (χ0) is 18.8. The Kier molecular flexibility index (Phi) is 5.05. The van der Waals surface area contributed by atoms with Gasteiger partial charge in [-0.2, -0.15) is 0 Å². The van der Waals surface area contributed by atoms with Crippen LogP contribution in [0, 0.1) is 0 Å². The van der Waals surface area contributed by atoms with Gasteiger partial charge in [-0.25, -0.2) is 4.98 Å². The van der Waals surface area contributed by atoms with Gasteiger partial charge in [-0.15, -0.1) is 0 Å². The molecule has 138 valence electrons. The van der Waals surface area contributed by atoms with Crippen LogP contribution in [0.3, 0.4) is 0 Å². The predicted molar refractivity (Wildman–Crippen MR) is 106 cm³/mol. The second-order valence-electron chi connectivity index (χ2n) is 6.27. The number of halogens is 2. The topological polar surface area (TPSA) is 48.6 Å². The molecule has 2 aromatic carbocycles. The van der Waals surface area contributed by atoms with Gasteiger partial charge in [-0.3, -0.25) is 0 Å². The number of aromatic nitrogens is 2. The molecule has 1 aliphatic rings. The molecule has 0 aliphatic carbocycles. The molecule has 27 heavy (non-hydrogen) atoms. The molecule has 1 aliphatic heterocycles. The molecule has 0 bridgehead atoms. The maximum Gasteiger partial charge on any atom is 0.142 e. The quantitative estimate of drug-likeness (QED) is 0.569. The van der Waals surface area contributed by atoms with Crippen molar-refractivity contribution in [2.75, 3.05) is 0 Å². The number of fused-ring (bicyclic) bond motifs is 1. The van der Waals surface area contributed by atoms with Gasteiger partial charge in [0, 0.05) is 18.0 Å². The molecule has 0 amide bonds. The Morgan fingerprint density at radius 3 is 2.81 bits per heavy atom. The zero-order valence-corrected chi connectivity index (χ0v) is 16.1. The molecule has 0 radical (unpaired) electrons. The van der Waals surface area contributed by atoms with Crippen molar-refractivity contribution in [2.24, 2.45) is 5.16 Å². The fourth-order valence-electron chi connectivity index (χ4n) is 3.15. The summed E-state index contributed by atoms with van der Waals surface area (Å²) >= 11 is 12.0. The maximum atomic E-state index is 6.07. The summed E-state index contributed by atoms with van der Waals surface area (Å²) in [4.78, 5) is 9.84. The number of rotatable bonds is 4. The van der Waals surface area contributed by atoms with Gasteiger partial charge < -0.3 is 14.1 Å². The highest BCUT2D eigenvalue weighted by atomic mass is 35.5. The van der Waals surface area contributed by atoms with Crippen LogP contribution in [0.25, 0.3) is 0 Å². The van der Waals surface area contributed by atoms with E-state index in [4.69, 9.17) is 32.8 Å². The van der Waals surface area contributed by atoms with Gasteiger partial charge in [-0.05, 0) is 36.8 Å². The molecule has 0 N–H and O–H groups in total. The van der Waals surface area contributed by atoms with Gasteiger partial charge in [0.15, 0.2) is 0 Å². The number of hydrogen-bond acceptors (Lipinski definition) is 4. The molecule has 4 rings (SSSR count). The third-order valence-corrected chi connectivity index (χ3v) is 5.16. The van der Waals surface area contributed by atoms with Crippen LogP contribution >= 0.6 is 23.2 Å². The summed E-state index contributed by atoms with van der Waals surface area (Å²) in [7, 11) is 0. The average molecular weight is 402 g/mol. The van der Waals surface area contributed by atoms with Gasteiger partial charge in [0.25, 0.3) is 0 Å². The van der Waals surface area contributed by atoms with E-state index in [9.17, 15) is 0 Å². The van der Waals surface area contributed by atoms with Gasteiger partial charge in [0.1, 0.15) is 30.2 Å². The average Bonchev–Trinajstić information content (AvgIpc) is 3.18.